The monoisotopic (exact) mass is 389 g/mol. The number of rotatable bonds is 5. The highest BCUT2D eigenvalue weighted by Gasteiger charge is 2.61. The molecule has 5 heteroatoms. The second kappa shape index (κ2) is 6.83. The predicted molar refractivity (Wildman–Crippen MR) is 108 cm³/mol. The Kier molecular flexibility index (Phi) is 4.26. The molecule has 5 atom stereocenters. The molecule has 2 aromatic carbocycles. The summed E-state index contributed by atoms with van der Waals surface area (Å²) in [7, 11) is 0. The number of imide groups is 1. The highest BCUT2D eigenvalue weighted by Crippen LogP contribution is 2.56. The molecular weight excluding hydrogens is 366 g/mol. The molecule has 2 aromatic rings. The van der Waals surface area contributed by atoms with E-state index in [0.717, 1.165) is 19.3 Å². The Bertz CT molecular complexity index is 940. The van der Waals surface area contributed by atoms with Crippen LogP contribution in [0.25, 0.3) is 0 Å². The summed E-state index contributed by atoms with van der Waals surface area (Å²) >= 11 is 0. The molecule has 3 fully saturated rings. The molecular formula is C24H23NO4. The number of hydrogen-bond acceptors (Lipinski definition) is 4. The number of hydrogen-bond donors (Lipinski definition) is 0. The van der Waals surface area contributed by atoms with Crippen LogP contribution in [0.2, 0.25) is 0 Å². The van der Waals surface area contributed by atoms with Crippen LogP contribution in [0.1, 0.15) is 36.5 Å². The van der Waals surface area contributed by atoms with Crippen LogP contribution in [0, 0.1) is 23.7 Å². The minimum absolute atomic E-state index is 0.0477. The van der Waals surface area contributed by atoms with Crippen LogP contribution in [0.15, 0.2) is 54.6 Å². The normalized spacial score (nSPS) is 28.5. The molecule has 1 saturated heterocycles. The van der Waals surface area contributed by atoms with Crippen molar-refractivity contribution >= 4 is 23.3 Å². The molecule has 0 aromatic heterocycles. The van der Waals surface area contributed by atoms with Crippen LogP contribution in [0.5, 0.6) is 5.75 Å². The Labute approximate surface area is 169 Å². The number of benzene rings is 2. The second-order valence-electron chi connectivity index (χ2n) is 8.38. The van der Waals surface area contributed by atoms with Gasteiger partial charge in [-0.25, -0.2) is 0 Å². The van der Waals surface area contributed by atoms with E-state index in [1.807, 2.05) is 18.2 Å². The van der Waals surface area contributed by atoms with E-state index in [1.54, 1.807) is 43.3 Å². The van der Waals surface area contributed by atoms with Crippen molar-refractivity contribution in [2.75, 3.05) is 4.90 Å². The molecule has 1 aliphatic heterocycles. The zero-order valence-electron chi connectivity index (χ0n) is 16.3. The van der Waals surface area contributed by atoms with E-state index in [4.69, 9.17) is 4.74 Å². The molecule has 0 radical (unpaired) electrons. The second-order valence-corrected chi connectivity index (χ2v) is 8.38. The van der Waals surface area contributed by atoms with E-state index >= 15 is 0 Å². The zero-order valence-corrected chi connectivity index (χ0v) is 16.3. The van der Waals surface area contributed by atoms with E-state index in [1.165, 1.54) is 4.90 Å². The Hall–Kier alpha value is -2.95. The number of fused-ring (bicyclic) bond motifs is 5. The van der Waals surface area contributed by atoms with Gasteiger partial charge in [0.1, 0.15) is 5.75 Å². The minimum atomic E-state index is -0.631. The zero-order chi connectivity index (χ0) is 20.1. The number of carbonyl (C=O) groups is 3. The maximum absolute atomic E-state index is 12.9. The van der Waals surface area contributed by atoms with Crippen molar-refractivity contribution in [1.29, 1.82) is 0 Å². The molecule has 2 bridgehead atoms. The van der Waals surface area contributed by atoms with Crippen LogP contribution in [-0.2, 0) is 9.59 Å². The summed E-state index contributed by atoms with van der Waals surface area (Å²) in [6.45, 7) is 1.72. The first-order chi connectivity index (χ1) is 14.0. The van der Waals surface area contributed by atoms with Crippen molar-refractivity contribution in [1.82, 2.24) is 0 Å². The molecule has 0 N–H and O–H groups in total. The summed E-state index contributed by atoms with van der Waals surface area (Å²) < 4.78 is 5.78. The molecule has 0 unspecified atom stereocenters. The topological polar surface area (TPSA) is 63.7 Å². The smallest absolute Gasteiger partial charge is 0.237 e. The van der Waals surface area contributed by atoms with Gasteiger partial charge in [0.25, 0.3) is 0 Å². The van der Waals surface area contributed by atoms with Gasteiger partial charge in [-0.1, -0.05) is 30.3 Å². The molecule has 29 heavy (non-hydrogen) atoms. The molecule has 3 aliphatic rings. The van der Waals surface area contributed by atoms with E-state index in [0.29, 0.717) is 28.8 Å². The molecule has 5 nitrogen and oxygen atoms in total. The van der Waals surface area contributed by atoms with Gasteiger partial charge in [0.2, 0.25) is 17.6 Å². The average Bonchev–Trinajstić information content (AvgIpc) is 3.43. The van der Waals surface area contributed by atoms with Gasteiger partial charge in [0.05, 0.1) is 17.5 Å². The van der Waals surface area contributed by atoms with Crippen LogP contribution < -0.4 is 9.64 Å². The van der Waals surface area contributed by atoms with Gasteiger partial charge in [0, 0.05) is 5.56 Å². The van der Waals surface area contributed by atoms with Crippen LogP contribution in [-0.4, -0.2) is 23.7 Å². The lowest BCUT2D eigenvalue weighted by molar-refractivity contribution is -0.123. The highest BCUT2D eigenvalue weighted by molar-refractivity contribution is 6.22. The number of ketones is 1. The first kappa shape index (κ1) is 18.1. The predicted octanol–water partition coefficient (Wildman–Crippen LogP) is 3.87. The SMILES string of the molecule is C[C@@H](Oc1ccc(N2C(=O)[C@H]3[C@@H]4CC[C@@H](C4)[C@@H]3C2=O)cc1)C(=O)c1ccccc1. The van der Waals surface area contributed by atoms with Gasteiger partial charge in [0.15, 0.2) is 6.10 Å². The van der Waals surface area contributed by atoms with Crippen molar-refractivity contribution in [3.63, 3.8) is 0 Å². The number of ether oxygens (including phenoxy) is 1. The minimum Gasteiger partial charge on any atom is -0.483 e. The lowest BCUT2D eigenvalue weighted by Gasteiger charge is -2.19. The maximum atomic E-state index is 12.9. The first-order valence-corrected chi connectivity index (χ1v) is 10.3. The van der Waals surface area contributed by atoms with Gasteiger partial charge in [-0.2, -0.15) is 0 Å². The number of anilines is 1. The first-order valence-electron chi connectivity index (χ1n) is 10.3. The summed E-state index contributed by atoms with van der Waals surface area (Å²) in [6.07, 6.45) is 2.53. The number of carbonyl (C=O) groups excluding carboxylic acids is 3. The van der Waals surface area contributed by atoms with Gasteiger partial charge < -0.3 is 4.74 Å². The van der Waals surface area contributed by atoms with Crippen molar-refractivity contribution in [3.05, 3.63) is 60.2 Å². The van der Waals surface area contributed by atoms with Crippen molar-refractivity contribution in [3.8, 4) is 5.75 Å². The summed E-state index contributed by atoms with van der Waals surface area (Å²) in [5, 5.41) is 0. The van der Waals surface area contributed by atoms with Gasteiger partial charge in [-0.3, -0.25) is 19.3 Å². The Morgan fingerprint density at radius 1 is 0.931 bits per heavy atom. The van der Waals surface area contributed by atoms with E-state index in [2.05, 4.69) is 0 Å². The van der Waals surface area contributed by atoms with Gasteiger partial charge in [-0.05, 0) is 62.3 Å². The lowest BCUT2D eigenvalue weighted by atomic mass is 9.81. The average molecular weight is 389 g/mol. The number of Topliss-reactive ketones (excluding diaryl/α,β-unsaturated/α-hetero) is 1. The summed E-state index contributed by atoms with van der Waals surface area (Å²) in [4.78, 5) is 39.7. The fourth-order valence-electron chi connectivity index (χ4n) is 5.43. The van der Waals surface area contributed by atoms with E-state index in [-0.39, 0.29) is 29.4 Å². The molecule has 2 saturated carbocycles. The molecule has 148 valence electrons. The largest absolute Gasteiger partial charge is 0.483 e. The molecule has 1 heterocycles. The number of amides is 2. The standard InChI is InChI=1S/C24H23NO4/c1-14(22(26)15-5-3-2-4-6-15)29-19-11-9-18(10-12-19)25-23(27)20-16-7-8-17(13-16)21(20)24(25)28/h2-6,9-12,14,16-17,20-21H,7-8,13H2,1H3/t14-,16-,17+,20+,21+/m1/s1. The molecule has 5 rings (SSSR count). The van der Waals surface area contributed by atoms with Gasteiger partial charge >= 0.3 is 0 Å². The van der Waals surface area contributed by atoms with E-state index < -0.39 is 6.10 Å². The van der Waals surface area contributed by atoms with Crippen LogP contribution in [0.4, 0.5) is 5.69 Å². The Balaban J connectivity index is 1.30. The van der Waals surface area contributed by atoms with Crippen molar-refractivity contribution < 1.29 is 19.1 Å². The fourth-order valence-corrected chi connectivity index (χ4v) is 5.43. The number of nitrogens with zero attached hydrogens (tertiary/aromatic N) is 1. The molecule has 2 aliphatic carbocycles. The lowest BCUT2D eigenvalue weighted by Crippen LogP contribution is -2.32. The van der Waals surface area contributed by atoms with Crippen molar-refractivity contribution in [2.24, 2.45) is 23.7 Å². The maximum Gasteiger partial charge on any atom is 0.237 e. The van der Waals surface area contributed by atoms with E-state index in [9.17, 15) is 14.4 Å². The summed E-state index contributed by atoms with van der Waals surface area (Å²) in [5.41, 5.74) is 1.19. The Morgan fingerprint density at radius 2 is 1.52 bits per heavy atom. The highest BCUT2D eigenvalue weighted by atomic mass is 16.5. The quantitative estimate of drug-likeness (QED) is 0.575. The van der Waals surface area contributed by atoms with Gasteiger partial charge in [-0.15, -0.1) is 0 Å². The summed E-state index contributed by atoms with van der Waals surface area (Å²) in [6, 6.07) is 15.9. The fraction of sp³-hybridized carbons (Fsp3) is 0.375. The molecule has 0 spiro atoms. The third-order valence-electron chi connectivity index (χ3n) is 6.76. The third-order valence-corrected chi connectivity index (χ3v) is 6.76. The third kappa shape index (κ3) is 2.87. The van der Waals surface area contributed by atoms with Crippen LogP contribution >= 0.6 is 0 Å². The van der Waals surface area contributed by atoms with Crippen LogP contribution in [0.3, 0.4) is 0 Å². The summed E-state index contributed by atoms with van der Waals surface area (Å²) in [5.74, 6) is 0.842. The Morgan fingerprint density at radius 3 is 2.10 bits per heavy atom. The van der Waals surface area contributed by atoms with Crippen molar-refractivity contribution in [2.45, 2.75) is 32.3 Å². The molecule has 2 amide bonds.